The lowest BCUT2D eigenvalue weighted by Crippen LogP contribution is -1.93. The molecule has 0 unspecified atom stereocenters. The molecule has 15 heavy (non-hydrogen) atoms. The van der Waals surface area contributed by atoms with E-state index in [0.29, 0.717) is 5.82 Å². The van der Waals surface area contributed by atoms with Crippen LogP contribution in [0.1, 0.15) is 0 Å². The molecule has 1 aromatic heterocycles. The average Bonchev–Trinajstić information content (AvgIpc) is 2.29. The summed E-state index contributed by atoms with van der Waals surface area (Å²) in [5, 5.41) is 3.20. The largest absolute Gasteiger partial charge is 0.383 e. The molecule has 1 heterocycles. The Morgan fingerprint density at radius 1 is 0.867 bits per heavy atom. The van der Waals surface area contributed by atoms with Crippen molar-refractivity contribution < 1.29 is 0 Å². The first-order chi connectivity index (χ1) is 7.36. The number of nitrogens with zero attached hydrogens (tertiary/aromatic N) is 2. The zero-order valence-corrected chi connectivity index (χ0v) is 8.01. The third-order valence-corrected chi connectivity index (χ3v) is 2.56. The monoisotopic (exact) mass is 195 g/mol. The van der Waals surface area contributed by atoms with E-state index >= 15 is 0 Å². The molecular formula is C12H9N3. The Morgan fingerprint density at radius 2 is 1.73 bits per heavy atom. The second kappa shape index (κ2) is 2.92. The molecule has 3 aromatic rings. The second-order valence-corrected chi connectivity index (χ2v) is 3.44. The van der Waals surface area contributed by atoms with Gasteiger partial charge in [0.2, 0.25) is 0 Å². The highest BCUT2D eigenvalue weighted by Crippen LogP contribution is 2.25. The maximum atomic E-state index is 5.80. The first-order valence-corrected chi connectivity index (χ1v) is 4.74. The highest BCUT2D eigenvalue weighted by atomic mass is 14.9. The third kappa shape index (κ3) is 1.13. The minimum absolute atomic E-state index is 0.533. The number of benzene rings is 2. The van der Waals surface area contributed by atoms with Gasteiger partial charge in [-0.25, -0.2) is 9.97 Å². The van der Waals surface area contributed by atoms with Crippen LogP contribution in [0, 0.1) is 0 Å². The van der Waals surface area contributed by atoms with E-state index in [2.05, 4.69) is 16.0 Å². The van der Waals surface area contributed by atoms with Crippen LogP contribution in [-0.2, 0) is 0 Å². The molecule has 0 saturated heterocycles. The standard InChI is InChI=1S/C12H9N3/c13-12-10-6-5-8-3-1-2-4-9(8)11(10)14-7-15-12/h1-7H,(H2,13,14,15). The molecule has 0 radical (unpaired) electrons. The second-order valence-electron chi connectivity index (χ2n) is 3.44. The Balaban J connectivity index is 2.60. The zero-order chi connectivity index (χ0) is 10.3. The summed E-state index contributed by atoms with van der Waals surface area (Å²) in [6.07, 6.45) is 1.50. The normalized spacial score (nSPS) is 10.9. The molecular weight excluding hydrogens is 186 g/mol. The molecule has 0 spiro atoms. The Labute approximate surface area is 86.6 Å². The Kier molecular flexibility index (Phi) is 1.59. The summed E-state index contributed by atoms with van der Waals surface area (Å²) in [5.41, 5.74) is 6.71. The highest BCUT2D eigenvalue weighted by molar-refractivity contribution is 6.07. The first kappa shape index (κ1) is 8.17. The van der Waals surface area contributed by atoms with Gasteiger partial charge in [-0.05, 0) is 11.5 Å². The van der Waals surface area contributed by atoms with Crippen LogP contribution in [0.2, 0.25) is 0 Å². The van der Waals surface area contributed by atoms with Crippen LogP contribution in [-0.4, -0.2) is 9.97 Å². The summed E-state index contributed by atoms with van der Waals surface area (Å²) >= 11 is 0. The summed E-state index contributed by atoms with van der Waals surface area (Å²) in [5.74, 6) is 0.533. The predicted molar refractivity (Wildman–Crippen MR) is 61.5 cm³/mol. The van der Waals surface area contributed by atoms with Gasteiger partial charge in [-0.1, -0.05) is 30.3 Å². The maximum absolute atomic E-state index is 5.80. The van der Waals surface area contributed by atoms with Crippen molar-refractivity contribution in [3.05, 3.63) is 42.7 Å². The van der Waals surface area contributed by atoms with Gasteiger partial charge in [0.25, 0.3) is 0 Å². The van der Waals surface area contributed by atoms with Crippen molar-refractivity contribution in [3.8, 4) is 0 Å². The quantitative estimate of drug-likeness (QED) is 0.560. The van der Waals surface area contributed by atoms with Crippen LogP contribution < -0.4 is 5.73 Å². The van der Waals surface area contributed by atoms with Crippen molar-refractivity contribution in [2.45, 2.75) is 0 Å². The Hall–Kier alpha value is -2.16. The summed E-state index contributed by atoms with van der Waals surface area (Å²) in [6, 6.07) is 12.1. The number of anilines is 1. The van der Waals surface area contributed by atoms with Crippen molar-refractivity contribution in [1.82, 2.24) is 9.97 Å². The molecule has 0 aliphatic rings. The summed E-state index contributed by atoms with van der Waals surface area (Å²) < 4.78 is 0. The van der Waals surface area contributed by atoms with Gasteiger partial charge >= 0.3 is 0 Å². The van der Waals surface area contributed by atoms with Crippen LogP contribution >= 0.6 is 0 Å². The number of nitrogens with two attached hydrogens (primary N) is 1. The van der Waals surface area contributed by atoms with E-state index in [-0.39, 0.29) is 0 Å². The van der Waals surface area contributed by atoms with Crippen molar-refractivity contribution >= 4 is 27.5 Å². The van der Waals surface area contributed by atoms with Crippen molar-refractivity contribution in [2.24, 2.45) is 0 Å². The van der Waals surface area contributed by atoms with Gasteiger partial charge < -0.3 is 5.73 Å². The summed E-state index contributed by atoms with van der Waals surface area (Å²) in [4.78, 5) is 8.26. The molecule has 2 N–H and O–H groups in total. The van der Waals surface area contributed by atoms with E-state index in [1.807, 2.05) is 30.3 Å². The maximum Gasteiger partial charge on any atom is 0.134 e. The van der Waals surface area contributed by atoms with Crippen molar-refractivity contribution in [1.29, 1.82) is 0 Å². The molecule has 0 fully saturated rings. The molecule has 3 nitrogen and oxygen atoms in total. The smallest absolute Gasteiger partial charge is 0.134 e. The predicted octanol–water partition coefficient (Wildman–Crippen LogP) is 2.37. The average molecular weight is 195 g/mol. The minimum Gasteiger partial charge on any atom is -0.383 e. The zero-order valence-electron chi connectivity index (χ0n) is 8.01. The lowest BCUT2D eigenvalue weighted by molar-refractivity contribution is 1.23. The topological polar surface area (TPSA) is 51.8 Å². The molecule has 0 amide bonds. The summed E-state index contributed by atoms with van der Waals surface area (Å²) in [6.45, 7) is 0. The van der Waals surface area contributed by atoms with E-state index in [4.69, 9.17) is 5.73 Å². The third-order valence-electron chi connectivity index (χ3n) is 2.56. The number of fused-ring (bicyclic) bond motifs is 3. The molecule has 0 aliphatic heterocycles. The van der Waals surface area contributed by atoms with Gasteiger partial charge in [0.15, 0.2) is 0 Å². The van der Waals surface area contributed by atoms with Gasteiger partial charge in [0.1, 0.15) is 12.1 Å². The molecule has 72 valence electrons. The molecule has 3 heteroatoms. The van der Waals surface area contributed by atoms with Crippen LogP contribution in [0.5, 0.6) is 0 Å². The fraction of sp³-hybridized carbons (Fsp3) is 0. The fourth-order valence-corrected chi connectivity index (χ4v) is 1.82. The van der Waals surface area contributed by atoms with Gasteiger partial charge in [0, 0.05) is 10.8 Å². The molecule has 0 aliphatic carbocycles. The first-order valence-electron chi connectivity index (χ1n) is 4.74. The van der Waals surface area contributed by atoms with Crippen LogP contribution in [0.4, 0.5) is 5.82 Å². The summed E-state index contributed by atoms with van der Waals surface area (Å²) in [7, 11) is 0. The number of hydrogen-bond acceptors (Lipinski definition) is 3. The highest BCUT2D eigenvalue weighted by Gasteiger charge is 2.03. The lowest BCUT2D eigenvalue weighted by atomic mass is 10.1. The van der Waals surface area contributed by atoms with Gasteiger partial charge in [-0.2, -0.15) is 0 Å². The van der Waals surface area contributed by atoms with E-state index in [9.17, 15) is 0 Å². The van der Waals surface area contributed by atoms with Gasteiger partial charge in [0.05, 0.1) is 5.52 Å². The lowest BCUT2D eigenvalue weighted by Gasteiger charge is -2.03. The Morgan fingerprint density at radius 3 is 2.67 bits per heavy atom. The molecule has 0 bridgehead atoms. The van der Waals surface area contributed by atoms with Gasteiger partial charge in [-0.3, -0.25) is 0 Å². The van der Waals surface area contributed by atoms with Crippen LogP contribution in [0.15, 0.2) is 42.7 Å². The van der Waals surface area contributed by atoms with E-state index < -0.39 is 0 Å². The van der Waals surface area contributed by atoms with E-state index in [1.54, 1.807) is 0 Å². The molecule has 0 saturated carbocycles. The van der Waals surface area contributed by atoms with Gasteiger partial charge in [-0.15, -0.1) is 0 Å². The number of rotatable bonds is 0. The number of nitrogen functional groups attached to an aromatic ring is 1. The van der Waals surface area contributed by atoms with Crippen LogP contribution in [0.25, 0.3) is 21.7 Å². The van der Waals surface area contributed by atoms with Crippen LogP contribution in [0.3, 0.4) is 0 Å². The minimum atomic E-state index is 0.533. The SMILES string of the molecule is Nc1ncnc2c1ccc1ccccc12. The van der Waals surface area contributed by atoms with E-state index in [0.717, 1.165) is 16.3 Å². The molecule has 2 aromatic carbocycles. The Bertz CT molecular complexity index is 646. The van der Waals surface area contributed by atoms with Crippen molar-refractivity contribution in [2.75, 3.05) is 5.73 Å². The molecule has 0 atom stereocenters. The number of hydrogen-bond donors (Lipinski definition) is 1. The van der Waals surface area contributed by atoms with Crippen molar-refractivity contribution in [3.63, 3.8) is 0 Å². The fourth-order valence-electron chi connectivity index (χ4n) is 1.82. The molecule has 3 rings (SSSR count). The van der Waals surface area contributed by atoms with E-state index in [1.165, 1.54) is 11.7 Å². The number of aromatic nitrogens is 2.